The molecule has 0 atom stereocenters. The van der Waals surface area contributed by atoms with E-state index in [2.05, 4.69) is 13.8 Å². The zero-order valence-corrected chi connectivity index (χ0v) is 9.44. The molecular weight excluding hydrogens is 174 g/mol. The minimum absolute atomic E-state index is 0.0789. The van der Waals surface area contributed by atoms with Crippen LogP contribution in [0.5, 0.6) is 0 Å². The Hall–Kier alpha value is -0.785. The highest BCUT2D eigenvalue weighted by molar-refractivity contribution is 6.53. The van der Waals surface area contributed by atoms with Crippen LogP contribution in [0.3, 0.4) is 0 Å². The first-order chi connectivity index (χ1) is 6.74. The number of hydrogen-bond donors (Lipinski definition) is 0. The van der Waals surface area contributed by atoms with E-state index in [0.717, 1.165) is 0 Å². The zero-order chi connectivity index (χ0) is 10.4. The third kappa shape index (κ3) is 3.53. The highest BCUT2D eigenvalue weighted by Gasteiger charge is 1.94. The average Bonchev–Trinajstić information content (AvgIpc) is 2.18. The van der Waals surface area contributed by atoms with Crippen molar-refractivity contribution in [3.05, 3.63) is 29.6 Å². The first-order valence-corrected chi connectivity index (χ1v) is 5.84. The van der Waals surface area contributed by atoms with E-state index in [-0.39, 0.29) is 13.1 Å². The lowest BCUT2D eigenvalue weighted by atomic mass is 9.64. The molecule has 1 aromatic rings. The standard InChI is InChI=1S/C12H19BF/c1-3-4-5-8-13-12-9-11(14)7-6-10(12)2/h6-7,9H,3-5,8,13H2,1-2H3/q-1. The maximum Gasteiger partial charge on any atom is 0.120 e. The van der Waals surface area contributed by atoms with Crippen LogP contribution in [0.2, 0.25) is 6.32 Å². The summed E-state index contributed by atoms with van der Waals surface area (Å²) < 4.78 is 12.9. The van der Waals surface area contributed by atoms with Gasteiger partial charge in [0.05, 0.1) is 0 Å². The van der Waals surface area contributed by atoms with Crippen LogP contribution in [0.1, 0.15) is 31.7 Å². The second-order valence-electron chi connectivity index (χ2n) is 4.29. The summed E-state index contributed by atoms with van der Waals surface area (Å²) in [6, 6.07) is 5.17. The van der Waals surface area contributed by atoms with Crippen LogP contribution in [0, 0.1) is 12.7 Å². The molecule has 0 bridgehead atoms. The van der Waals surface area contributed by atoms with Crippen LogP contribution in [0.15, 0.2) is 18.2 Å². The molecule has 0 nitrogen and oxygen atoms in total. The second-order valence-corrected chi connectivity index (χ2v) is 4.29. The van der Waals surface area contributed by atoms with Crippen molar-refractivity contribution in [1.82, 2.24) is 0 Å². The molecule has 1 rings (SSSR count). The van der Waals surface area contributed by atoms with Crippen LogP contribution in [0.4, 0.5) is 4.39 Å². The molecule has 0 aliphatic rings. The first kappa shape index (κ1) is 11.3. The van der Waals surface area contributed by atoms with Gasteiger partial charge in [0.1, 0.15) is 5.82 Å². The Morgan fingerprint density at radius 2 is 2.07 bits per heavy atom. The number of halogens is 1. The molecule has 78 valence electrons. The van der Waals surface area contributed by atoms with Crippen molar-refractivity contribution in [3.63, 3.8) is 0 Å². The van der Waals surface area contributed by atoms with Gasteiger partial charge in [-0.1, -0.05) is 43.9 Å². The fourth-order valence-corrected chi connectivity index (χ4v) is 2.03. The molecule has 0 aliphatic heterocycles. The predicted octanol–water partition coefficient (Wildman–Crippen LogP) is 2.54. The quantitative estimate of drug-likeness (QED) is 0.498. The van der Waals surface area contributed by atoms with Gasteiger partial charge in [0.15, 0.2) is 0 Å². The number of hydrogen-bond acceptors (Lipinski definition) is 0. The lowest BCUT2D eigenvalue weighted by Gasteiger charge is -2.11. The molecule has 0 amide bonds. The van der Waals surface area contributed by atoms with Crippen molar-refractivity contribution < 1.29 is 4.39 Å². The molecule has 0 spiro atoms. The first-order valence-electron chi connectivity index (χ1n) is 5.84. The van der Waals surface area contributed by atoms with Crippen molar-refractivity contribution >= 4 is 12.7 Å². The fraction of sp³-hybridized carbons (Fsp3) is 0.500. The van der Waals surface area contributed by atoms with E-state index >= 15 is 0 Å². The van der Waals surface area contributed by atoms with E-state index in [4.69, 9.17) is 0 Å². The average molecular weight is 193 g/mol. The Balaban J connectivity index is 2.45. The maximum absolute atomic E-state index is 12.9. The van der Waals surface area contributed by atoms with Gasteiger partial charge in [-0.3, -0.25) is 0 Å². The molecule has 0 heterocycles. The molecule has 0 N–H and O–H groups in total. The normalized spacial score (nSPS) is 10.5. The molecule has 0 saturated heterocycles. The lowest BCUT2D eigenvalue weighted by Crippen LogP contribution is -2.17. The lowest BCUT2D eigenvalue weighted by molar-refractivity contribution is 0.628. The van der Waals surface area contributed by atoms with Crippen LogP contribution < -0.4 is 5.46 Å². The van der Waals surface area contributed by atoms with Crippen LogP contribution in [-0.2, 0) is 0 Å². The number of aryl methyl sites for hydroxylation is 1. The summed E-state index contributed by atoms with van der Waals surface area (Å²) in [7, 11) is -0.0981. The minimum atomic E-state index is -0.0981. The summed E-state index contributed by atoms with van der Waals surface area (Å²) in [6.07, 6.45) is 5.21. The molecule has 0 radical (unpaired) electrons. The Bertz CT molecular complexity index is 284. The predicted molar refractivity (Wildman–Crippen MR) is 63.6 cm³/mol. The van der Waals surface area contributed by atoms with E-state index in [1.807, 2.05) is 6.07 Å². The van der Waals surface area contributed by atoms with Crippen LogP contribution in [-0.4, -0.2) is 7.28 Å². The van der Waals surface area contributed by atoms with Gasteiger partial charge in [-0.25, -0.2) is 9.85 Å². The molecule has 2 heteroatoms. The fourth-order valence-electron chi connectivity index (χ4n) is 2.03. The van der Waals surface area contributed by atoms with E-state index < -0.39 is 0 Å². The minimum Gasteiger partial charge on any atom is -0.211 e. The topological polar surface area (TPSA) is 0 Å². The van der Waals surface area contributed by atoms with E-state index in [1.165, 1.54) is 36.6 Å². The zero-order valence-electron chi connectivity index (χ0n) is 9.44. The summed E-state index contributed by atoms with van der Waals surface area (Å²) in [6.45, 7) is 4.30. The summed E-state index contributed by atoms with van der Waals surface area (Å²) in [5, 5.41) is 0. The monoisotopic (exact) mass is 193 g/mol. The SMILES string of the molecule is CCCCC[BH2-]c1cc(F)ccc1C. The second kappa shape index (κ2) is 5.84. The highest BCUT2D eigenvalue weighted by Crippen LogP contribution is 2.02. The maximum atomic E-state index is 12.9. The van der Waals surface area contributed by atoms with Crippen molar-refractivity contribution in [2.45, 2.75) is 39.4 Å². The molecule has 14 heavy (non-hydrogen) atoms. The van der Waals surface area contributed by atoms with Gasteiger partial charge in [0.2, 0.25) is 0 Å². The van der Waals surface area contributed by atoms with Gasteiger partial charge in [0.25, 0.3) is 0 Å². The Morgan fingerprint density at radius 3 is 2.79 bits per heavy atom. The third-order valence-electron chi connectivity index (χ3n) is 3.06. The van der Waals surface area contributed by atoms with Crippen molar-refractivity contribution in [2.24, 2.45) is 0 Å². The highest BCUT2D eigenvalue weighted by atomic mass is 19.1. The Kier molecular flexibility index (Phi) is 4.71. The molecule has 0 aromatic heterocycles. The number of benzene rings is 1. The van der Waals surface area contributed by atoms with Gasteiger partial charge in [0, 0.05) is 0 Å². The molecule has 0 saturated carbocycles. The van der Waals surface area contributed by atoms with E-state index in [1.54, 1.807) is 12.1 Å². The van der Waals surface area contributed by atoms with Gasteiger partial charge >= 0.3 is 0 Å². The summed E-state index contributed by atoms with van der Waals surface area (Å²) >= 11 is 0. The molecule has 0 unspecified atom stereocenters. The van der Waals surface area contributed by atoms with Crippen molar-refractivity contribution in [3.8, 4) is 0 Å². The largest absolute Gasteiger partial charge is 0.211 e. The van der Waals surface area contributed by atoms with Gasteiger partial charge in [-0.15, -0.1) is 0 Å². The summed E-state index contributed by atoms with van der Waals surface area (Å²) in [5.41, 5.74) is 2.56. The molecule has 1 aromatic carbocycles. The molecular formula is C12H19BF-. The summed E-state index contributed by atoms with van der Waals surface area (Å²) in [5.74, 6) is -0.0789. The van der Waals surface area contributed by atoms with Crippen LogP contribution in [0.25, 0.3) is 0 Å². The number of unbranched alkanes of at least 4 members (excludes halogenated alkanes) is 2. The van der Waals surface area contributed by atoms with Gasteiger partial charge < -0.3 is 0 Å². The summed E-state index contributed by atoms with van der Waals surface area (Å²) in [4.78, 5) is 0. The van der Waals surface area contributed by atoms with Crippen LogP contribution >= 0.6 is 0 Å². The molecule has 0 fully saturated rings. The third-order valence-corrected chi connectivity index (χ3v) is 3.06. The number of rotatable bonds is 5. The Labute approximate surface area is 86.8 Å². The van der Waals surface area contributed by atoms with Crippen molar-refractivity contribution in [2.75, 3.05) is 0 Å². The van der Waals surface area contributed by atoms with Gasteiger partial charge in [-0.2, -0.15) is 6.32 Å². The Morgan fingerprint density at radius 1 is 1.29 bits per heavy atom. The molecule has 0 aliphatic carbocycles. The smallest absolute Gasteiger partial charge is 0.120 e. The van der Waals surface area contributed by atoms with E-state index in [0.29, 0.717) is 0 Å². The van der Waals surface area contributed by atoms with E-state index in [9.17, 15) is 4.39 Å². The van der Waals surface area contributed by atoms with Crippen molar-refractivity contribution in [1.29, 1.82) is 0 Å². The van der Waals surface area contributed by atoms with Gasteiger partial charge in [-0.05, 0) is 20.3 Å².